The summed E-state index contributed by atoms with van der Waals surface area (Å²) in [5, 5.41) is 7.79. The molecule has 1 saturated heterocycles. The maximum Gasteiger partial charge on any atom is 0.0766 e. The minimum absolute atomic E-state index is 0.0977. The maximum atomic E-state index is 5.71. The molecule has 6 heteroatoms. The van der Waals surface area contributed by atoms with Gasteiger partial charge in [0.15, 0.2) is 0 Å². The third kappa shape index (κ3) is 3.24. The number of ether oxygens (including phenoxy) is 1. The van der Waals surface area contributed by atoms with Crippen molar-refractivity contribution in [2.24, 2.45) is 12.9 Å². The molecule has 6 nitrogen and oxygen atoms in total. The summed E-state index contributed by atoms with van der Waals surface area (Å²) in [5.41, 5.74) is 3.85. The van der Waals surface area contributed by atoms with Gasteiger partial charge < -0.3 is 4.74 Å². The van der Waals surface area contributed by atoms with E-state index < -0.39 is 0 Å². The van der Waals surface area contributed by atoms with Gasteiger partial charge in [-0.2, -0.15) is 0 Å². The maximum absolute atomic E-state index is 5.71. The second-order valence-corrected chi connectivity index (χ2v) is 4.57. The summed E-state index contributed by atoms with van der Waals surface area (Å²) in [5.74, 6) is 5.59. The predicted octanol–water partition coefficient (Wildman–Crippen LogP) is 0.669. The van der Waals surface area contributed by atoms with Gasteiger partial charge in [0.25, 0.3) is 0 Å². The van der Waals surface area contributed by atoms with E-state index in [0.717, 1.165) is 25.1 Å². The number of nitrogens with two attached hydrogens (primary N) is 1. The van der Waals surface area contributed by atoms with E-state index in [1.165, 1.54) is 19.3 Å². The third-order valence-electron chi connectivity index (χ3n) is 3.36. The topological polar surface area (TPSA) is 78.0 Å². The van der Waals surface area contributed by atoms with Gasteiger partial charge in [-0.1, -0.05) is 5.21 Å². The highest BCUT2D eigenvalue weighted by Crippen LogP contribution is 2.22. The van der Waals surface area contributed by atoms with E-state index in [1.807, 2.05) is 7.05 Å². The van der Waals surface area contributed by atoms with E-state index in [9.17, 15) is 0 Å². The zero-order chi connectivity index (χ0) is 12.1. The molecule has 0 amide bonds. The Kier molecular flexibility index (Phi) is 4.47. The molecule has 2 rings (SSSR count). The van der Waals surface area contributed by atoms with Gasteiger partial charge >= 0.3 is 0 Å². The Morgan fingerprint density at radius 1 is 1.65 bits per heavy atom. The van der Waals surface area contributed by atoms with E-state index in [4.69, 9.17) is 10.6 Å². The fourth-order valence-corrected chi connectivity index (χ4v) is 2.32. The molecule has 2 heterocycles. The fraction of sp³-hybridized carbons (Fsp3) is 0.818. The minimum atomic E-state index is 0.0977. The van der Waals surface area contributed by atoms with Crippen molar-refractivity contribution < 1.29 is 4.74 Å². The number of nitrogens with zero attached hydrogens (tertiary/aromatic N) is 3. The molecule has 3 N–H and O–H groups in total. The lowest BCUT2D eigenvalue weighted by atomic mass is 10.0. The average molecular weight is 239 g/mol. The number of rotatable bonds is 5. The number of hydrazine groups is 1. The van der Waals surface area contributed by atoms with Crippen LogP contribution in [-0.2, 0) is 11.8 Å². The highest BCUT2D eigenvalue weighted by molar-refractivity contribution is 5.01. The van der Waals surface area contributed by atoms with Crippen molar-refractivity contribution in [1.29, 1.82) is 0 Å². The molecule has 1 aromatic heterocycles. The van der Waals surface area contributed by atoms with Gasteiger partial charge in [0.1, 0.15) is 0 Å². The summed E-state index contributed by atoms with van der Waals surface area (Å²) in [6.45, 7) is 0.901. The molecule has 1 aliphatic rings. The lowest BCUT2D eigenvalue weighted by molar-refractivity contribution is 0.00842. The summed E-state index contributed by atoms with van der Waals surface area (Å²) in [6.07, 6.45) is 7.76. The quantitative estimate of drug-likeness (QED) is 0.583. The molecular formula is C11H21N5O. The van der Waals surface area contributed by atoms with Crippen LogP contribution in [0.4, 0.5) is 0 Å². The summed E-state index contributed by atoms with van der Waals surface area (Å²) >= 11 is 0. The van der Waals surface area contributed by atoms with Crippen molar-refractivity contribution in [3.63, 3.8) is 0 Å². The van der Waals surface area contributed by atoms with E-state index in [-0.39, 0.29) is 6.04 Å². The monoisotopic (exact) mass is 239 g/mol. The molecule has 0 aromatic carbocycles. The van der Waals surface area contributed by atoms with Crippen LogP contribution in [0.25, 0.3) is 0 Å². The van der Waals surface area contributed by atoms with Crippen LogP contribution >= 0.6 is 0 Å². The number of hydrogen-bond donors (Lipinski definition) is 2. The molecule has 1 aliphatic heterocycles. The Hall–Kier alpha value is -0.980. The highest BCUT2D eigenvalue weighted by atomic mass is 16.5. The third-order valence-corrected chi connectivity index (χ3v) is 3.36. The lowest BCUT2D eigenvalue weighted by Gasteiger charge is -2.24. The van der Waals surface area contributed by atoms with E-state index in [2.05, 4.69) is 15.7 Å². The zero-order valence-electron chi connectivity index (χ0n) is 10.3. The normalized spacial score (nSPS) is 22.6. The van der Waals surface area contributed by atoms with Crippen molar-refractivity contribution in [1.82, 2.24) is 20.4 Å². The number of hydrogen-bond acceptors (Lipinski definition) is 5. The first kappa shape index (κ1) is 12.5. The van der Waals surface area contributed by atoms with Gasteiger partial charge in [0.05, 0.1) is 24.0 Å². The molecule has 17 heavy (non-hydrogen) atoms. The Morgan fingerprint density at radius 2 is 2.53 bits per heavy atom. The molecule has 2 atom stereocenters. The van der Waals surface area contributed by atoms with Gasteiger partial charge in [0.2, 0.25) is 0 Å². The molecule has 96 valence electrons. The molecule has 0 radical (unpaired) electrons. The largest absolute Gasteiger partial charge is 0.378 e. The van der Waals surface area contributed by atoms with Crippen LogP contribution in [0.1, 0.15) is 43.8 Å². The Bertz CT molecular complexity index is 334. The van der Waals surface area contributed by atoms with Gasteiger partial charge in [0, 0.05) is 13.7 Å². The first-order chi connectivity index (χ1) is 8.31. The molecule has 1 aromatic rings. The number of aromatic nitrogens is 3. The molecule has 0 bridgehead atoms. The van der Waals surface area contributed by atoms with Crippen molar-refractivity contribution in [2.75, 3.05) is 6.61 Å². The number of aryl methyl sites for hydroxylation is 1. The van der Waals surface area contributed by atoms with Gasteiger partial charge in [-0.25, -0.2) is 0 Å². The van der Waals surface area contributed by atoms with Crippen LogP contribution in [0.5, 0.6) is 0 Å². The summed E-state index contributed by atoms with van der Waals surface area (Å²) in [7, 11) is 1.88. The van der Waals surface area contributed by atoms with Crippen molar-refractivity contribution in [2.45, 2.75) is 44.2 Å². The van der Waals surface area contributed by atoms with E-state index in [0.29, 0.717) is 6.10 Å². The smallest absolute Gasteiger partial charge is 0.0766 e. The van der Waals surface area contributed by atoms with Crippen molar-refractivity contribution >= 4 is 0 Å². The second kappa shape index (κ2) is 6.09. The highest BCUT2D eigenvalue weighted by Gasteiger charge is 2.19. The van der Waals surface area contributed by atoms with Crippen molar-refractivity contribution in [3.8, 4) is 0 Å². The first-order valence-corrected chi connectivity index (χ1v) is 6.23. The standard InChI is InChI=1S/C11H21N5O/c1-16-11(8-13-15-16)10(14-12)6-5-9-4-2-3-7-17-9/h8-10,14H,2-7,12H2,1H3. The number of nitrogens with one attached hydrogen (secondary N) is 1. The molecule has 0 saturated carbocycles. The summed E-state index contributed by atoms with van der Waals surface area (Å²) < 4.78 is 7.47. The molecule has 0 spiro atoms. The van der Waals surface area contributed by atoms with E-state index in [1.54, 1.807) is 10.9 Å². The van der Waals surface area contributed by atoms with Crippen LogP contribution in [0.3, 0.4) is 0 Å². The van der Waals surface area contributed by atoms with Gasteiger partial charge in [-0.05, 0) is 32.1 Å². The van der Waals surface area contributed by atoms with Crippen LogP contribution in [0.15, 0.2) is 6.20 Å². The van der Waals surface area contributed by atoms with Gasteiger partial charge in [-0.3, -0.25) is 16.0 Å². The predicted molar refractivity (Wildman–Crippen MR) is 63.9 cm³/mol. The second-order valence-electron chi connectivity index (χ2n) is 4.57. The SMILES string of the molecule is Cn1nncc1C(CCC1CCCCO1)NN. The molecule has 0 aliphatic carbocycles. The zero-order valence-corrected chi connectivity index (χ0v) is 10.3. The lowest BCUT2D eigenvalue weighted by Crippen LogP contribution is -2.31. The van der Waals surface area contributed by atoms with Crippen LogP contribution in [0.2, 0.25) is 0 Å². The minimum Gasteiger partial charge on any atom is -0.378 e. The van der Waals surface area contributed by atoms with Gasteiger partial charge in [-0.15, -0.1) is 5.10 Å². The van der Waals surface area contributed by atoms with Crippen molar-refractivity contribution in [3.05, 3.63) is 11.9 Å². The molecule has 2 unspecified atom stereocenters. The Balaban J connectivity index is 1.85. The summed E-state index contributed by atoms with van der Waals surface area (Å²) in [4.78, 5) is 0. The Morgan fingerprint density at radius 3 is 3.12 bits per heavy atom. The van der Waals surface area contributed by atoms with Crippen LogP contribution in [0, 0.1) is 0 Å². The average Bonchev–Trinajstić information content (AvgIpc) is 2.78. The van der Waals surface area contributed by atoms with Crippen LogP contribution in [-0.4, -0.2) is 27.7 Å². The molecule has 1 fully saturated rings. The Labute approximate surface area is 101 Å². The summed E-state index contributed by atoms with van der Waals surface area (Å²) in [6, 6.07) is 0.0977. The molecular weight excluding hydrogens is 218 g/mol. The fourth-order valence-electron chi connectivity index (χ4n) is 2.32. The van der Waals surface area contributed by atoms with E-state index >= 15 is 0 Å². The van der Waals surface area contributed by atoms with Crippen LogP contribution < -0.4 is 11.3 Å². The first-order valence-electron chi connectivity index (χ1n) is 6.23.